The van der Waals surface area contributed by atoms with E-state index in [9.17, 15) is 9.59 Å². The molecule has 3 heterocycles. The maximum atomic E-state index is 13.3. The number of morpholine rings is 1. The molecule has 6 heteroatoms. The second-order valence-electron chi connectivity index (χ2n) is 7.59. The van der Waals surface area contributed by atoms with Crippen molar-refractivity contribution < 1.29 is 18.8 Å². The van der Waals surface area contributed by atoms with Crippen LogP contribution in [-0.2, 0) is 4.74 Å². The topological polar surface area (TPSA) is 64.2 Å². The Hall–Kier alpha value is -2.96. The van der Waals surface area contributed by atoms with E-state index in [4.69, 9.17) is 9.15 Å². The first-order valence-electron chi connectivity index (χ1n) is 10.1. The SMILES string of the molecule is O=C1c2oc3ccccc3c(=O)c2[C@H](c2ccccc2)N1CC[NH+]1CCOCC1. The number of benzene rings is 2. The molecule has 0 spiro atoms. The highest BCUT2D eigenvalue weighted by Crippen LogP contribution is 2.37. The Morgan fingerprint density at radius 3 is 2.48 bits per heavy atom. The molecule has 0 bridgehead atoms. The van der Waals surface area contributed by atoms with Crippen molar-refractivity contribution in [1.29, 1.82) is 0 Å². The van der Waals surface area contributed by atoms with E-state index in [-0.39, 0.29) is 17.1 Å². The van der Waals surface area contributed by atoms with Gasteiger partial charge in [-0.3, -0.25) is 9.59 Å². The van der Waals surface area contributed by atoms with Crippen molar-refractivity contribution in [2.75, 3.05) is 39.4 Å². The third kappa shape index (κ3) is 3.14. The summed E-state index contributed by atoms with van der Waals surface area (Å²) >= 11 is 0. The second-order valence-corrected chi connectivity index (χ2v) is 7.59. The van der Waals surface area contributed by atoms with E-state index < -0.39 is 6.04 Å². The van der Waals surface area contributed by atoms with Crippen LogP contribution in [0.4, 0.5) is 0 Å². The number of nitrogens with one attached hydrogen (secondary N) is 1. The zero-order valence-corrected chi connectivity index (χ0v) is 16.1. The van der Waals surface area contributed by atoms with Gasteiger partial charge in [-0.1, -0.05) is 42.5 Å². The van der Waals surface area contributed by atoms with Crippen molar-refractivity contribution in [2.24, 2.45) is 0 Å². The molecule has 2 aromatic carbocycles. The average Bonchev–Trinajstić information content (AvgIpc) is 3.06. The predicted octanol–water partition coefficient (Wildman–Crippen LogP) is 1.25. The van der Waals surface area contributed by atoms with Crippen molar-refractivity contribution >= 4 is 16.9 Å². The number of amides is 1. The second kappa shape index (κ2) is 7.46. The molecule has 1 N–H and O–H groups in total. The lowest BCUT2D eigenvalue weighted by molar-refractivity contribution is -0.907. The van der Waals surface area contributed by atoms with Gasteiger partial charge in [0.05, 0.1) is 43.3 Å². The Labute approximate surface area is 168 Å². The van der Waals surface area contributed by atoms with E-state index in [0.29, 0.717) is 23.1 Å². The van der Waals surface area contributed by atoms with E-state index in [0.717, 1.165) is 38.4 Å². The first-order chi connectivity index (χ1) is 14.2. The molecule has 0 aliphatic carbocycles. The van der Waals surface area contributed by atoms with Crippen LogP contribution in [0, 0.1) is 0 Å². The zero-order valence-electron chi connectivity index (χ0n) is 16.1. The molecule has 0 unspecified atom stereocenters. The smallest absolute Gasteiger partial charge is 0.291 e. The van der Waals surface area contributed by atoms with E-state index in [1.165, 1.54) is 4.90 Å². The minimum Gasteiger partial charge on any atom is -0.450 e. The zero-order chi connectivity index (χ0) is 19.8. The fraction of sp³-hybridized carbons (Fsp3) is 0.304. The Kier molecular flexibility index (Phi) is 4.66. The molecule has 1 saturated heterocycles. The number of rotatable bonds is 4. The van der Waals surface area contributed by atoms with Crippen LogP contribution in [-0.4, -0.2) is 50.2 Å². The molecular formula is C23H23N2O4+. The van der Waals surface area contributed by atoms with Gasteiger partial charge in [0.1, 0.15) is 18.7 Å². The molecule has 1 fully saturated rings. The standard InChI is InChI=1S/C23H22N2O4/c26-21-17-8-4-5-9-18(17)29-22-19(21)20(16-6-2-1-3-7-16)25(23(22)27)11-10-24-12-14-28-15-13-24/h1-9,20H,10-15H2/p+1/t20-/m0/s1. The highest BCUT2D eigenvalue weighted by Gasteiger charge is 2.42. The first-order valence-corrected chi connectivity index (χ1v) is 10.1. The summed E-state index contributed by atoms with van der Waals surface area (Å²) in [5.41, 5.74) is 1.72. The van der Waals surface area contributed by atoms with E-state index >= 15 is 0 Å². The largest absolute Gasteiger partial charge is 0.450 e. The van der Waals surface area contributed by atoms with Gasteiger partial charge in [0.25, 0.3) is 5.91 Å². The minimum absolute atomic E-state index is 0.120. The third-order valence-electron chi connectivity index (χ3n) is 5.89. The van der Waals surface area contributed by atoms with Gasteiger partial charge in [-0.2, -0.15) is 0 Å². The van der Waals surface area contributed by atoms with Crippen LogP contribution >= 0.6 is 0 Å². The monoisotopic (exact) mass is 391 g/mol. The van der Waals surface area contributed by atoms with Gasteiger partial charge in [-0.05, 0) is 17.7 Å². The van der Waals surface area contributed by atoms with Crippen LogP contribution in [0.1, 0.15) is 27.7 Å². The number of hydrogen-bond donors (Lipinski definition) is 1. The summed E-state index contributed by atoms with van der Waals surface area (Å²) in [6.45, 7) is 4.75. The summed E-state index contributed by atoms with van der Waals surface area (Å²) in [6.07, 6.45) is 0. The Morgan fingerprint density at radius 1 is 0.966 bits per heavy atom. The fourth-order valence-electron chi connectivity index (χ4n) is 4.37. The highest BCUT2D eigenvalue weighted by atomic mass is 16.5. The van der Waals surface area contributed by atoms with Crippen molar-refractivity contribution in [1.82, 2.24) is 4.90 Å². The van der Waals surface area contributed by atoms with Gasteiger partial charge >= 0.3 is 0 Å². The van der Waals surface area contributed by atoms with E-state index in [1.807, 2.05) is 42.5 Å². The van der Waals surface area contributed by atoms with Crippen molar-refractivity contribution in [2.45, 2.75) is 6.04 Å². The van der Waals surface area contributed by atoms with Crippen molar-refractivity contribution in [3.05, 3.63) is 81.7 Å². The van der Waals surface area contributed by atoms with Crippen molar-refractivity contribution in [3.8, 4) is 0 Å². The molecule has 2 aliphatic heterocycles. The molecule has 0 saturated carbocycles. The van der Waals surface area contributed by atoms with E-state index in [2.05, 4.69) is 0 Å². The number of para-hydroxylation sites is 1. The van der Waals surface area contributed by atoms with Crippen LogP contribution in [0.15, 0.2) is 63.8 Å². The molecule has 2 aliphatic rings. The average molecular weight is 391 g/mol. The molecule has 0 radical (unpaired) electrons. The first kappa shape index (κ1) is 18.1. The lowest BCUT2D eigenvalue weighted by atomic mass is 9.98. The van der Waals surface area contributed by atoms with Crippen molar-refractivity contribution in [3.63, 3.8) is 0 Å². The molecule has 6 nitrogen and oxygen atoms in total. The van der Waals surface area contributed by atoms with Gasteiger partial charge in [-0.25, -0.2) is 0 Å². The molecular weight excluding hydrogens is 368 g/mol. The molecule has 1 atom stereocenters. The van der Waals surface area contributed by atoms with Gasteiger partial charge in [-0.15, -0.1) is 0 Å². The number of hydrogen-bond acceptors (Lipinski definition) is 4. The molecule has 1 aromatic heterocycles. The van der Waals surface area contributed by atoms with Crippen LogP contribution in [0.3, 0.4) is 0 Å². The number of carbonyl (C=O) groups is 1. The fourth-order valence-corrected chi connectivity index (χ4v) is 4.37. The van der Waals surface area contributed by atoms with Gasteiger partial charge < -0.3 is 19.0 Å². The Balaban J connectivity index is 1.58. The number of carbonyl (C=O) groups excluding carboxylic acids is 1. The van der Waals surface area contributed by atoms with Crippen LogP contribution in [0.2, 0.25) is 0 Å². The third-order valence-corrected chi connectivity index (χ3v) is 5.89. The van der Waals surface area contributed by atoms with E-state index in [1.54, 1.807) is 17.0 Å². The van der Waals surface area contributed by atoms with Gasteiger partial charge in [0.2, 0.25) is 5.76 Å². The lowest BCUT2D eigenvalue weighted by Gasteiger charge is -2.29. The predicted molar refractivity (Wildman–Crippen MR) is 108 cm³/mol. The van der Waals surface area contributed by atoms with Crippen LogP contribution in [0.5, 0.6) is 0 Å². The lowest BCUT2D eigenvalue weighted by Crippen LogP contribution is -3.14. The molecule has 5 rings (SSSR count). The molecule has 148 valence electrons. The minimum atomic E-state index is -0.417. The summed E-state index contributed by atoms with van der Waals surface area (Å²) < 4.78 is 11.4. The number of fused-ring (bicyclic) bond motifs is 2. The molecule has 3 aromatic rings. The quantitative estimate of drug-likeness (QED) is 0.727. The summed E-state index contributed by atoms with van der Waals surface area (Å²) in [4.78, 5) is 29.9. The Morgan fingerprint density at radius 2 is 1.69 bits per heavy atom. The number of nitrogens with zero attached hydrogens (tertiary/aromatic N) is 1. The van der Waals surface area contributed by atoms with Gasteiger partial charge in [0.15, 0.2) is 5.43 Å². The summed E-state index contributed by atoms with van der Waals surface area (Å²) in [7, 11) is 0. The van der Waals surface area contributed by atoms with Crippen LogP contribution in [0.25, 0.3) is 11.0 Å². The summed E-state index contributed by atoms with van der Waals surface area (Å²) in [6, 6.07) is 16.5. The maximum absolute atomic E-state index is 13.3. The maximum Gasteiger partial charge on any atom is 0.291 e. The van der Waals surface area contributed by atoms with Gasteiger partial charge in [0, 0.05) is 0 Å². The van der Waals surface area contributed by atoms with Crippen LogP contribution < -0.4 is 10.3 Å². The Bertz CT molecular complexity index is 1100. The normalized spacial score (nSPS) is 19.7. The molecule has 29 heavy (non-hydrogen) atoms. The highest BCUT2D eigenvalue weighted by molar-refractivity contribution is 5.99. The summed E-state index contributed by atoms with van der Waals surface area (Å²) in [5, 5.41) is 0.514. The summed E-state index contributed by atoms with van der Waals surface area (Å²) in [5.74, 6) is -0.0242. The number of quaternary nitrogens is 1. The molecule has 1 amide bonds. The number of ether oxygens (including phenoxy) is 1.